The van der Waals surface area contributed by atoms with Crippen molar-refractivity contribution in [1.29, 1.82) is 0 Å². The molecule has 0 unspecified atom stereocenters. The molecule has 2 aliphatic heterocycles. The number of piperidine rings is 1. The van der Waals surface area contributed by atoms with Gasteiger partial charge in [-0.3, -0.25) is 9.69 Å². The predicted molar refractivity (Wildman–Crippen MR) is 135 cm³/mol. The van der Waals surface area contributed by atoms with E-state index in [0.29, 0.717) is 50.5 Å². The van der Waals surface area contributed by atoms with Crippen LogP contribution >= 0.6 is 0 Å². The molecule has 35 heavy (non-hydrogen) atoms. The molecule has 2 saturated heterocycles. The molecule has 2 fully saturated rings. The number of aliphatic hydroxyl groups is 1. The summed E-state index contributed by atoms with van der Waals surface area (Å²) in [4.78, 5) is 16.9. The van der Waals surface area contributed by atoms with E-state index in [1.54, 1.807) is 18.1 Å². The average molecular weight is 477 g/mol. The number of benzene rings is 2. The highest BCUT2D eigenvalue weighted by Crippen LogP contribution is 2.35. The summed E-state index contributed by atoms with van der Waals surface area (Å²) in [5.74, 6) is 1.08. The molecule has 0 saturated carbocycles. The number of nitrogens with zero attached hydrogens (tertiary/aromatic N) is 2. The standard InChI is InChI=1S/C28H32N2O5/c1-33-24-7-4-21(5-8-24)3-2-12-29-13-10-28(32,11-14-29)23-6-9-25-22(19-23)20-26(35-25)27(31)30-15-17-34-18-16-30/h2-9,19-20,32H,10-18H2,1H3/b3-2+. The van der Waals surface area contributed by atoms with Crippen LogP contribution in [0.2, 0.25) is 0 Å². The highest BCUT2D eigenvalue weighted by atomic mass is 16.5. The molecule has 1 aromatic heterocycles. The van der Waals surface area contributed by atoms with Gasteiger partial charge in [0, 0.05) is 38.1 Å². The van der Waals surface area contributed by atoms with Gasteiger partial charge in [0.05, 0.1) is 25.9 Å². The highest BCUT2D eigenvalue weighted by molar-refractivity contribution is 5.96. The molecule has 2 aromatic carbocycles. The van der Waals surface area contributed by atoms with Crippen LogP contribution in [-0.2, 0) is 10.3 Å². The molecule has 0 spiro atoms. The van der Waals surface area contributed by atoms with Crippen LogP contribution in [0.1, 0.15) is 34.5 Å². The summed E-state index contributed by atoms with van der Waals surface area (Å²) in [6.07, 6.45) is 5.60. The Kier molecular flexibility index (Phi) is 6.90. The minimum atomic E-state index is -0.879. The van der Waals surface area contributed by atoms with Crippen LogP contribution in [0.3, 0.4) is 0 Å². The van der Waals surface area contributed by atoms with E-state index < -0.39 is 5.60 Å². The van der Waals surface area contributed by atoms with E-state index in [2.05, 4.69) is 17.1 Å². The van der Waals surface area contributed by atoms with Gasteiger partial charge in [-0.25, -0.2) is 0 Å². The van der Waals surface area contributed by atoms with Gasteiger partial charge in [0.15, 0.2) is 5.76 Å². The number of likely N-dealkylation sites (tertiary alicyclic amines) is 1. The fraction of sp³-hybridized carbons (Fsp3) is 0.393. The van der Waals surface area contributed by atoms with Crippen LogP contribution in [0.25, 0.3) is 17.0 Å². The molecule has 3 heterocycles. The number of fused-ring (bicyclic) bond motifs is 1. The van der Waals surface area contributed by atoms with Crippen molar-refractivity contribution in [3.63, 3.8) is 0 Å². The van der Waals surface area contributed by atoms with Gasteiger partial charge in [0.1, 0.15) is 11.3 Å². The Morgan fingerprint density at radius 3 is 2.51 bits per heavy atom. The van der Waals surface area contributed by atoms with Gasteiger partial charge in [-0.1, -0.05) is 30.4 Å². The zero-order valence-electron chi connectivity index (χ0n) is 20.1. The molecule has 184 valence electrons. The van der Waals surface area contributed by atoms with Gasteiger partial charge in [-0.05, 0) is 54.3 Å². The number of ether oxygens (including phenoxy) is 2. The molecule has 1 N–H and O–H groups in total. The van der Waals surface area contributed by atoms with Gasteiger partial charge in [0.2, 0.25) is 0 Å². The number of methoxy groups -OCH3 is 1. The normalized spacial score (nSPS) is 18.9. The van der Waals surface area contributed by atoms with Crippen LogP contribution in [-0.4, -0.2) is 73.9 Å². The van der Waals surface area contributed by atoms with E-state index >= 15 is 0 Å². The maximum absolute atomic E-state index is 12.8. The Hall–Kier alpha value is -3.13. The summed E-state index contributed by atoms with van der Waals surface area (Å²) < 4.78 is 16.4. The number of rotatable bonds is 6. The predicted octanol–water partition coefficient (Wildman–Crippen LogP) is 3.91. The summed E-state index contributed by atoms with van der Waals surface area (Å²) in [7, 11) is 1.67. The van der Waals surface area contributed by atoms with Crippen molar-refractivity contribution in [2.24, 2.45) is 0 Å². The topological polar surface area (TPSA) is 75.4 Å². The molecule has 0 radical (unpaired) electrons. The fourth-order valence-electron chi connectivity index (χ4n) is 4.81. The maximum Gasteiger partial charge on any atom is 0.289 e. The molecule has 7 nitrogen and oxygen atoms in total. The zero-order chi connectivity index (χ0) is 24.3. The van der Waals surface area contributed by atoms with Crippen molar-refractivity contribution in [3.8, 4) is 5.75 Å². The first-order valence-electron chi connectivity index (χ1n) is 12.2. The smallest absolute Gasteiger partial charge is 0.289 e. The van der Waals surface area contributed by atoms with Crippen LogP contribution in [0, 0.1) is 0 Å². The first-order chi connectivity index (χ1) is 17.0. The molecule has 0 bridgehead atoms. The molecule has 2 aliphatic rings. The molecule has 3 aromatic rings. The lowest BCUT2D eigenvalue weighted by atomic mass is 9.84. The number of amides is 1. The van der Waals surface area contributed by atoms with Gasteiger partial charge < -0.3 is 23.9 Å². The van der Waals surface area contributed by atoms with Crippen LogP contribution in [0.5, 0.6) is 5.75 Å². The molecule has 5 rings (SSSR count). The minimum Gasteiger partial charge on any atom is -0.497 e. The lowest BCUT2D eigenvalue weighted by Gasteiger charge is -2.38. The number of hydrogen-bond acceptors (Lipinski definition) is 6. The van der Waals surface area contributed by atoms with Crippen molar-refractivity contribution in [2.75, 3.05) is 53.0 Å². The van der Waals surface area contributed by atoms with Crippen LogP contribution < -0.4 is 4.74 Å². The Morgan fingerprint density at radius 2 is 1.80 bits per heavy atom. The third-order valence-electron chi connectivity index (χ3n) is 7.04. The summed E-state index contributed by atoms with van der Waals surface area (Å²) in [5, 5.41) is 12.3. The van der Waals surface area contributed by atoms with E-state index in [1.165, 1.54) is 0 Å². The van der Waals surface area contributed by atoms with Crippen molar-refractivity contribution in [1.82, 2.24) is 9.80 Å². The lowest BCUT2D eigenvalue weighted by Crippen LogP contribution is -2.42. The quantitative estimate of drug-likeness (QED) is 0.582. The summed E-state index contributed by atoms with van der Waals surface area (Å²) in [6, 6.07) is 15.5. The highest BCUT2D eigenvalue weighted by Gasteiger charge is 2.34. The third kappa shape index (κ3) is 5.27. The van der Waals surface area contributed by atoms with Gasteiger partial charge in [-0.15, -0.1) is 0 Å². The fourth-order valence-corrected chi connectivity index (χ4v) is 4.81. The first-order valence-corrected chi connectivity index (χ1v) is 12.2. The summed E-state index contributed by atoms with van der Waals surface area (Å²) in [5.41, 5.74) is 1.80. The molecular weight excluding hydrogens is 444 g/mol. The number of carbonyl (C=O) groups excluding carboxylic acids is 1. The van der Waals surface area contributed by atoms with Gasteiger partial charge >= 0.3 is 0 Å². The zero-order valence-corrected chi connectivity index (χ0v) is 20.1. The van der Waals surface area contributed by atoms with Crippen LogP contribution in [0.4, 0.5) is 0 Å². The van der Waals surface area contributed by atoms with Gasteiger partial charge in [0.25, 0.3) is 5.91 Å². The van der Waals surface area contributed by atoms with E-state index in [9.17, 15) is 9.90 Å². The van der Waals surface area contributed by atoms with E-state index in [0.717, 1.165) is 41.9 Å². The minimum absolute atomic E-state index is 0.110. The average Bonchev–Trinajstić information content (AvgIpc) is 3.34. The third-order valence-corrected chi connectivity index (χ3v) is 7.04. The number of carbonyl (C=O) groups is 1. The Morgan fingerprint density at radius 1 is 1.06 bits per heavy atom. The summed E-state index contributed by atoms with van der Waals surface area (Å²) in [6.45, 7) is 4.73. The maximum atomic E-state index is 12.8. The van der Waals surface area contributed by atoms with Crippen molar-refractivity contribution in [2.45, 2.75) is 18.4 Å². The monoisotopic (exact) mass is 476 g/mol. The molecule has 7 heteroatoms. The molecule has 0 aliphatic carbocycles. The van der Waals surface area contributed by atoms with Crippen molar-refractivity contribution in [3.05, 3.63) is 71.5 Å². The second-order valence-corrected chi connectivity index (χ2v) is 9.28. The second kappa shape index (κ2) is 10.2. The van der Waals surface area contributed by atoms with Gasteiger partial charge in [-0.2, -0.15) is 0 Å². The summed E-state index contributed by atoms with van der Waals surface area (Å²) >= 11 is 0. The van der Waals surface area contributed by atoms with E-state index in [1.807, 2.05) is 42.5 Å². The second-order valence-electron chi connectivity index (χ2n) is 9.28. The van der Waals surface area contributed by atoms with Crippen LogP contribution in [0.15, 0.2) is 59.0 Å². The number of morpholine rings is 1. The largest absolute Gasteiger partial charge is 0.497 e. The molecule has 0 atom stereocenters. The number of furan rings is 1. The van der Waals surface area contributed by atoms with Crippen molar-refractivity contribution < 1.29 is 23.8 Å². The first kappa shape index (κ1) is 23.6. The van der Waals surface area contributed by atoms with E-state index in [4.69, 9.17) is 13.9 Å². The Labute approximate surface area is 205 Å². The molecule has 1 amide bonds. The molecular formula is C28H32N2O5. The van der Waals surface area contributed by atoms with Crippen molar-refractivity contribution >= 4 is 23.0 Å². The Bertz CT molecular complexity index is 1190. The Balaban J connectivity index is 1.20. The lowest BCUT2D eigenvalue weighted by molar-refractivity contribution is -0.0232. The number of hydrogen-bond donors (Lipinski definition) is 1. The SMILES string of the molecule is COc1ccc(/C=C/CN2CCC(O)(c3ccc4oc(C(=O)N5CCOCC5)cc4c3)CC2)cc1. The van der Waals surface area contributed by atoms with E-state index in [-0.39, 0.29) is 5.91 Å².